The molecule has 5 nitrogen and oxygen atoms in total. The molecule has 2 heterocycles. The van der Waals surface area contributed by atoms with E-state index in [-0.39, 0.29) is 18.6 Å². The SMILES string of the molecule is O=C(COc1ccc2c(c1)CCC2)N1CCC[C@@H]1c1nc2ccccc2[nH]1. The fourth-order valence-electron chi connectivity index (χ4n) is 4.35. The lowest BCUT2D eigenvalue weighted by atomic mass is 10.1. The Bertz CT molecular complexity index is 961. The van der Waals surface area contributed by atoms with Gasteiger partial charge in [-0.1, -0.05) is 18.2 Å². The second-order valence-electron chi connectivity index (χ2n) is 7.46. The number of carbonyl (C=O) groups excluding carboxylic acids is 1. The van der Waals surface area contributed by atoms with Crippen LogP contribution in [0.1, 0.15) is 42.3 Å². The van der Waals surface area contributed by atoms with Crippen molar-refractivity contribution >= 4 is 16.9 Å². The van der Waals surface area contributed by atoms with Crippen molar-refractivity contribution in [2.45, 2.75) is 38.1 Å². The molecule has 0 saturated carbocycles. The number of imidazole rings is 1. The maximum Gasteiger partial charge on any atom is 0.261 e. The van der Waals surface area contributed by atoms with Crippen molar-refractivity contribution in [2.75, 3.05) is 13.2 Å². The number of aromatic amines is 1. The number of rotatable bonds is 4. The summed E-state index contributed by atoms with van der Waals surface area (Å²) in [6, 6.07) is 14.2. The summed E-state index contributed by atoms with van der Waals surface area (Å²) in [5, 5.41) is 0. The van der Waals surface area contributed by atoms with E-state index in [9.17, 15) is 4.79 Å². The molecule has 0 radical (unpaired) electrons. The minimum Gasteiger partial charge on any atom is -0.484 e. The molecular weight excluding hydrogens is 338 g/mol. The fraction of sp³-hybridized carbons (Fsp3) is 0.364. The van der Waals surface area contributed by atoms with Crippen molar-refractivity contribution in [2.24, 2.45) is 0 Å². The monoisotopic (exact) mass is 361 g/mol. The van der Waals surface area contributed by atoms with Crippen LogP contribution in [0.5, 0.6) is 5.75 Å². The number of aromatic nitrogens is 2. The molecule has 0 spiro atoms. The van der Waals surface area contributed by atoms with Gasteiger partial charge in [0.05, 0.1) is 17.1 Å². The van der Waals surface area contributed by atoms with Gasteiger partial charge in [0, 0.05) is 6.54 Å². The second-order valence-corrected chi connectivity index (χ2v) is 7.46. The fourth-order valence-corrected chi connectivity index (χ4v) is 4.35. The average molecular weight is 361 g/mol. The molecule has 3 aromatic rings. The normalized spacial score (nSPS) is 18.8. The van der Waals surface area contributed by atoms with E-state index in [0.717, 1.165) is 54.8 Å². The Morgan fingerprint density at radius 1 is 1.15 bits per heavy atom. The summed E-state index contributed by atoms with van der Waals surface area (Å²) in [4.78, 5) is 22.8. The molecule has 5 heteroatoms. The third-order valence-electron chi connectivity index (χ3n) is 5.73. The molecule has 1 N–H and O–H groups in total. The number of aryl methyl sites for hydroxylation is 2. The summed E-state index contributed by atoms with van der Waals surface area (Å²) in [5.41, 5.74) is 4.74. The summed E-state index contributed by atoms with van der Waals surface area (Å²) < 4.78 is 5.83. The minimum absolute atomic E-state index is 0.00789. The molecule has 27 heavy (non-hydrogen) atoms. The lowest BCUT2D eigenvalue weighted by Crippen LogP contribution is -2.34. The molecule has 138 valence electrons. The maximum atomic E-state index is 12.8. The van der Waals surface area contributed by atoms with Crippen molar-refractivity contribution in [3.63, 3.8) is 0 Å². The van der Waals surface area contributed by atoms with Crippen molar-refractivity contribution in [1.82, 2.24) is 14.9 Å². The molecule has 1 aliphatic carbocycles. The summed E-state index contributed by atoms with van der Waals surface area (Å²) in [6.45, 7) is 0.837. The van der Waals surface area contributed by atoms with Crippen LogP contribution in [0.4, 0.5) is 0 Å². The Kier molecular flexibility index (Phi) is 4.07. The second kappa shape index (κ2) is 6.72. The standard InChI is InChI=1S/C22H23N3O2/c26-21(14-27-17-11-10-15-5-3-6-16(15)13-17)25-12-4-9-20(25)22-23-18-7-1-2-8-19(18)24-22/h1-2,7-8,10-11,13,20H,3-6,9,12,14H2,(H,23,24)/t20-/m1/s1. The van der Waals surface area contributed by atoms with E-state index in [4.69, 9.17) is 9.72 Å². The summed E-state index contributed by atoms with van der Waals surface area (Å²) >= 11 is 0. The molecule has 5 rings (SSSR count). The first-order valence-electron chi connectivity index (χ1n) is 9.77. The van der Waals surface area contributed by atoms with Crippen molar-refractivity contribution in [3.05, 3.63) is 59.4 Å². The van der Waals surface area contributed by atoms with Gasteiger partial charge in [-0.25, -0.2) is 4.98 Å². The van der Waals surface area contributed by atoms with E-state index >= 15 is 0 Å². The molecule has 1 aromatic heterocycles. The number of fused-ring (bicyclic) bond motifs is 2. The Labute approximate surface area is 158 Å². The van der Waals surface area contributed by atoms with Crippen LogP contribution in [0.3, 0.4) is 0 Å². The first-order valence-corrected chi connectivity index (χ1v) is 9.77. The van der Waals surface area contributed by atoms with Gasteiger partial charge in [-0.2, -0.15) is 0 Å². The van der Waals surface area contributed by atoms with Crippen molar-refractivity contribution in [1.29, 1.82) is 0 Å². The quantitative estimate of drug-likeness (QED) is 0.769. The largest absolute Gasteiger partial charge is 0.484 e. The Hall–Kier alpha value is -2.82. The van der Waals surface area contributed by atoms with Crippen LogP contribution in [0.25, 0.3) is 11.0 Å². The summed E-state index contributed by atoms with van der Waals surface area (Å²) in [6.07, 6.45) is 5.41. The number of amides is 1. The molecule has 1 amide bonds. The summed E-state index contributed by atoms with van der Waals surface area (Å²) in [7, 11) is 0. The van der Waals surface area contributed by atoms with Gasteiger partial charge in [-0.05, 0) is 67.5 Å². The highest BCUT2D eigenvalue weighted by Crippen LogP contribution is 2.32. The molecular formula is C22H23N3O2. The molecule has 0 unspecified atom stereocenters. The molecule has 1 fully saturated rings. The van der Waals surface area contributed by atoms with Crippen LogP contribution < -0.4 is 4.74 Å². The van der Waals surface area contributed by atoms with Gasteiger partial charge in [0.25, 0.3) is 5.91 Å². The van der Waals surface area contributed by atoms with E-state index in [0.29, 0.717) is 0 Å². The summed E-state index contributed by atoms with van der Waals surface area (Å²) in [5.74, 6) is 1.70. The molecule has 0 bridgehead atoms. The van der Waals surface area contributed by atoms with E-state index in [1.165, 1.54) is 17.5 Å². The predicted octanol–water partition coefficient (Wildman–Crippen LogP) is 3.79. The lowest BCUT2D eigenvalue weighted by Gasteiger charge is -2.23. The topological polar surface area (TPSA) is 58.2 Å². The lowest BCUT2D eigenvalue weighted by molar-refractivity contribution is -0.134. The van der Waals surface area contributed by atoms with Gasteiger partial charge in [-0.3, -0.25) is 4.79 Å². The number of ether oxygens (including phenoxy) is 1. The molecule has 1 saturated heterocycles. The Morgan fingerprint density at radius 2 is 2.04 bits per heavy atom. The van der Waals surface area contributed by atoms with Gasteiger partial charge >= 0.3 is 0 Å². The first-order chi connectivity index (χ1) is 13.3. The number of nitrogens with one attached hydrogen (secondary N) is 1. The van der Waals surface area contributed by atoms with Crippen molar-refractivity contribution in [3.8, 4) is 5.75 Å². The van der Waals surface area contributed by atoms with E-state index < -0.39 is 0 Å². The van der Waals surface area contributed by atoms with Gasteiger partial charge in [-0.15, -0.1) is 0 Å². The van der Waals surface area contributed by atoms with E-state index in [2.05, 4.69) is 17.1 Å². The molecule has 1 atom stereocenters. The van der Waals surface area contributed by atoms with Gasteiger partial charge < -0.3 is 14.6 Å². The third-order valence-corrected chi connectivity index (χ3v) is 5.73. The highest BCUT2D eigenvalue weighted by Gasteiger charge is 2.32. The zero-order valence-corrected chi connectivity index (χ0v) is 15.3. The number of carbonyl (C=O) groups is 1. The van der Waals surface area contributed by atoms with E-state index in [1.807, 2.05) is 35.2 Å². The highest BCUT2D eigenvalue weighted by molar-refractivity contribution is 5.79. The number of hydrogen-bond acceptors (Lipinski definition) is 3. The molecule has 2 aromatic carbocycles. The van der Waals surface area contributed by atoms with Crippen LogP contribution in [-0.4, -0.2) is 33.9 Å². The predicted molar refractivity (Wildman–Crippen MR) is 104 cm³/mol. The number of nitrogens with zero attached hydrogens (tertiary/aromatic N) is 2. The van der Waals surface area contributed by atoms with Crippen LogP contribution >= 0.6 is 0 Å². The van der Waals surface area contributed by atoms with Crippen molar-refractivity contribution < 1.29 is 9.53 Å². The average Bonchev–Trinajstić information content (AvgIpc) is 3.43. The van der Waals surface area contributed by atoms with Crippen LogP contribution in [-0.2, 0) is 17.6 Å². The number of benzene rings is 2. The number of hydrogen-bond donors (Lipinski definition) is 1. The van der Waals surface area contributed by atoms with Crippen LogP contribution in [0.15, 0.2) is 42.5 Å². The number of para-hydroxylation sites is 2. The molecule has 2 aliphatic rings. The van der Waals surface area contributed by atoms with Gasteiger partial charge in [0.15, 0.2) is 6.61 Å². The highest BCUT2D eigenvalue weighted by atomic mass is 16.5. The zero-order chi connectivity index (χ0) is 18.2. The first kappa shape index (κ1) is 16.4. The van der Waals surface area contributed by atoms with Gasteiger partial charge in [0.1, 0.15) is 11.6 Å². The van der Waals surface area contributed by atoms with Crippen LogP contribution in [0.2, 0.25) is 0 Å². The number of likely N-dealkylation sites (tertiary alicyclic amines) is 1. The Balaban J connectivity index is 1.29. The van der Waals surface area contributed by atoms with Gasteiger partial charge in [0.2, 0.25) is 0 Å². The number of H-pyrrole nitrogens is 1. The zero-order valence-electron chi connectivity index (χ0n) is 15.3. The Morgan fingerprint density at radius 3 is 2.96 bits per heavy atom. The molecule has 1 aliphatic heterocycles. The van der Waals surface area contributed by atoms with Crippen LogP contribution in [0, 0.1) is 0 Å². The minimum atomic E-state index is 0.00789. The maximum absolute atomic E-state index is 12.8. The smallest absolute Gasteiger partial charge is 0.261 e. The third kappa shape index (κ3) is 3.07. The van der Waals surface area contributed by atoms with E-state index in [1.54, 1.807) is 0 Å².